The lowest BCUT2D eigenvalue weighted by molar-refractivity contribution is 0.590. The Kier molecular flexibility index (Phi) is 4.30. The summed E-state index contributed by atoms with van der Waals surface area (Å²) in [5, 5.41) is 2.27. The van der Waals surface area contributed by atoms with Crippen molar-refractivity contribution in [3.63, 3.8) is 0 Å². The van der Waals surface area contributed by atoms with Crippen molar-refractivity contribution < 1.29 is 8.78 Å². The van der Waals surface area contributed by atoms with Crippen molar-refractivity contribution in [2.75, 3.05) is 0 Å². The third-order valence-electron chi connectivity index (χ3n) is 4.26. The molecule has 1 heterocycles. The van der Waals surface area contributed by atoms with Gasteiger partial charge in [-0.1, -0.05) is 12.1 Å². The van der Waals surface area contributed by atoms with E-state index >= 15 is 0 Å². The summed E-state index contributed by atoms with van der Waals surface area (Å²) in [5.74, 6) is -0.494. The number of benzene rings is 2. The van der Waals surface area contributed by atoms with Gasteiger partial charge in [-0.25, -0.2) is 8.78 Å². The Morgan fingerprint density at radius 1 is 0.960 bits per heavy atom. The van der Waals surface area contributed by atoms with Gasteiger partial charge >= 0.3 is 0 Å². The molecule has 0 unspecified atom stereocenters. The maximum atomic E-state index is 14.6. The molecule has 1 aliphatic rings. The predicted molar refractivity (Wildman–Crippen MR) is 102 cm³/mol. The van der Waals surface area contributed by atoms with Crippen LogP contribution < -0.4 is 0 Å². The van der Waals surface area contributed by atoms with Gasteiger partial charge in [-0.15, -0.1) is 11.3 Å². The molecule has 0 saturated heterocycles. The topological polar surface area (TPSA) is 12.4 Å². The Morgan fingerprint density at radius 2 is 1.64 bits per heavy atom. The van der Waals surface area contributed by atoms with E-state index in [1.807, 2.05) is 6.07 Å². The molecule has 1 fully saturated rings. The second kappa shape index (κ2) is 6.60. The summed E-state index contributed by atoms with van der Waals surface area (Å²) < 4.78 is 29.2. The fraction of sp³-hybridized carbons (Fsp3) is 0.150. The minimum atomic E-state index is -0.567. The number of aliphatic imine (C=N–C) groups is 1. The third-order valence-corrected chi connectivity index (χ3v) is 5.65. The molecule has 25 heavy (non-hydrogen) atoms. The zero-order valence-electron chi connectivity index (χ0n) is 13.1. The van der Waals surface area contributed by atoms with E-state index in [2.05, 4.69) is 28.4 Å². The van der Waals surface area contributed by atoms with Crippen molar-refractivity contribution in [1.82, 2.24) is 0 Å². The number of hydrogen-bond acceptors (Lipinski definition) is 3. The van der Waals surface area contributed by atoms with Gasteiger partial charge in [-0.2, -0.15) is 4.99 Å². The molecule has 1 aromatic heterocycles. The van der Waals surface area contributed by atoms with Crippen LogP contribution in [0.1, 0.15) is 23.6 Å². The summed E-state index contributed by atoms with van der Waals surface area (Å²) in [6.45, 7) is 0. The van der Waals surface area contributed by atoms with Crippen LogP contribution in [0, 0.1) is 11.6 Å². The van der Waals surface area contributed by atoms with E-state index in [4.69, 9.17) is 0 Å². The SMILES string of the molecule is Fc1cc(-c2ccc(C3CC3)s2)cc(F)c1-c1ccc(N=C=S)cc1. The average Bonchev–Trinajstić information content (AvgIpc) is 3.33. The molecule has 0 bridgehead atoms. The van der Waals surface area contributed by atoms with E-state index < -0.39 is 11.6 Å². The summed E-state index contributed by atoms with van der Waals surface area (Å²) >= 11 is 6.17. The van der Waals surface area contributed by atoms with Crippen LogP contribution in [0.3, 0.4) is 0 Å². The highest BCUT2D eigenvalue weighted by Gasteiger charge is 2.25. The minimum Gasteiger partial charge on any atom is -0.206 e. The van der Waals surface area contributed by atoms with Crippen LogP contribution in [-0.2, 0) is 0 Å². The van der Waals surface area contributed by atoms with Crippen LogP contribution in [0.5, 0.6) is 0 Å². The van der Waals surface area contributed by atoms with Gasteiger partial charge in [-0.05, 0) is 78.5 Å². The standard InChI is InChI=1S/C20H13F2NS2/c21-16-9-14(19-8-7-18(25-19)12-1-2-12)10-17(22)20(16)13-3-5-15(6-4-13)23-11-24/h3-10,12H,1-2H2. The molecule has 3 aromatic rings. The first-order valence-corrected chi connectivity index (χ1v) is 9.15. The lowest BCUT2D eigenvalue weighted by Crippen LogP contribution is -1.91. The van der Waals surface area contributed by atoms with Crippen LogP contribution in [0.25, 0.3) is 21.6 Å². The number of halogens is 2. The first-order valence-electron chi connectivity index (χ1n) is 7.93. The summed E-state index contributed by atoms with van der Waals surface area (Å²) in [5.41, 5.74) is 1.62. The molecule has 0 atom stereocenters. The Bertz CT molecular complexity index is 958. The van der Waals surface area contributed by atoms with Crippen molar-refractivity contribution >= 4 is 34.4 Å². The van der Waals surface area contributed by atoms with Crippen molar-refractivity contribution in [3.8, 4) is 21.6 Å². The molecule has 1 aliphatic carbocycles. The number of thiocarbonyl (C=S) groups is 1. The molecule has 0 N–H and O–H groups in total. The second-order valence-corrected chi connectivity index (χ2v) is 7.34. The molecular formula is C20H13F2NS2. The summed E-state index contributed by atoms with van der Waals surface area (Å²) in [6.07, 6.45) is 2.43. The minimum absolute atomic E-state index is 0.0272. The van der Waals surface area contributed by atoms with Crippen molar-refractivity contribution in [3.05, 3.63) is 65.0 Å². The number of nitrogens with zero attached hydrogens (tertiary/aromatic N) is 1. The molecule has 4 rings (SSSR count). The summed E-state index contributed by atoms with van der Waals surface area (Å²) in [6, 6.07) is 13.4. The van der Waals surface area contributed by atoms with E-state index in [9.17, 15) is 8.78 Å². The average molecular weight is 369 g/mol. The van der Waals surface area contributed by atoms with Crippen molar-refractivity contribution in [2.45, 2.75) is 18.8 Å². The van der Waals surface area contributed by atoms with Gasteiger partial charge in [-0.3, -0.25) is 0 Å². The second-order valence-electron chi connectivity index (χ2n) is 6.04. The fourth-order valence-corrected chi connectivity index (χ4v) is 4.11. The Labute approximate surface area is 153 Å². The Hall–Kier alpha value is -2.20. The molecule has 1 saturated carbocycles. The molecule has 0 spiro atoms. The summed E-state index contributed by atoms with van der Waals surface area (Å²) in [4.78, 5) is 6.04. The molecule has 2 aromatic carbocycles. The van der Waals surface area contributed by atoms with Gasteiger partial charge in [0.25, 0.3) is 0 Å². The van der Waals surface area contributed by atoms with Gasteiger partial charge in [0.15, 0.2) is 0 Å². The molecule has 0 radical (unpaired) electrons. The molecular weight excluding hydrogens is 356 g/mol. The van der Waals surface area contributed by atoms with Gasteiger partial charge in [0, 0.05) is 9.75 Å². The van der Waals surface area contributed by atoms with Crippen molar-refractivity contribution in [1.29, 1.82) is 0 Å². The van der Waals surface area contributed by atoms with Gasteiger partial charge < -0.3 is 0 Å². The van der Waals surface area contributed by atoms with E-state index in [0.717, 1.165) is 4.88 Å². The zero-order valence-corrected chi connectivity index (χ0v) is 14.8. The number of hydrogen-bond donors (Lipinski definition) is 0. The quantitative estimate of drug-likeness (QED) is 0.357. The number of isothiocyanates is 1. The molecule has 0 aliphatic heterocycles. The van der Waals surface area contributed by atoms with Crippen LogP contribution in [0.4, 0.5) is 14.5 Å². The fourth-order valence-electron chi connectivity index (χ4n) is 2.84. The van der Waals surface area contributed by atoms with E-state index in [-0.39, 0.29) is 5.56 Å². The lowest BCUT2D eigenvalue weighted by Gasteiger charge is -2.08. The normalized spacial score (nSPS) is 13.5. The Morgan fingerprint density at radius 3 is 2.24 bits per heavy atom. The maximum absolute atomic E-state index is 14.6. The van der Waals surface area contributed by atoms with Gasteiger partial charge in [0.2, 0.25) is 0 Å². The predicted octanol–water partition coefficient (Wildman–Crippen LogP) is 6.97. The highest BCUT2D eigenvalue weighted by molar-refractivity contribution is 7.78. The van der Waals surface area contributed by atoms with Gasteiger partial charge in [0.05, 0.1) is 16.4 Å². The monoisotopic (exact) mass is 369 g/mol. The van der Waals surface area contributed by atoms with Gasteiger partial charge in [0.1, 0.15) is 11.6 Å². The smallest absolute Gasteiger partial charge is 0.134 e. The molecule has 5 heteroatoms. The van der Waals surface area contributed by atoms with Crippen LogP contribution >= 0.6 is 23.6 Å². The summed E-state index contributed by atoms with van der Waals surface area (Å²) in [7, 11) is 0. The number of thiophene rings is 1. The molecule has 1 nitrogen and oxygen atoms in total. The van der Waals surface area contributed by atoms with E-state index in [1.165, 1.54) is 29.9 Å². The highest BCUT2D eigenvalue weighted by atomic mass is 32.1. The molecule has 124 valence electrons. The lowest BCUT2D eigenvalue weighted by atomic mass is 10.0. The van der Waals surface area contributed by atoms with Crippen LogP contribution in [-0.4, -0.2) is 5.16 Å². The Balaban J connectivity index is 1.70. The first kappa shape index (κ1) is 16.3. The van der Waals surface area contributed by atoms with Crippen LogP contribution in [0.2, 0.25) is 0 Å². The zero-order chi connectivity index (χ0) is 17.4. The largest absolute Gasteiger partial charge is 0.206 e. The van der Waals surface area contributed by atoms with E-state index in [0.29, 0.717) is 22.7 Å². The maximum Gasteiger partial charge on any atom is 0.134 e. The third kappa shape index (κ3) is 3.31. The highest BCUT2D eigenvalue weighted by Crippen LogP contribution is 2.45. The van der Waals surface area contributed by atoms with Crippen LogP contribution in [0.15, 0.2) is 53.5 Å². The van der Waals surface area contributed by atoms with E-state index in [1.54, 1.807) is 35.6 Å². The van der Waals surface area contributed by atoms with Crippen molar-refractivity contribution in [2.24, 2.45) is 4.99 Å². The first-order chi connectivity index (χ1) is 12.2. The molecule has 0 amide bonds. The number of rotatable bonds is 4.